The molecule has 0 radical (unpaired) electrons. The molecular formula is C22H27N3O5S. The van der Waals surface area contributed by atoms with Gasteiger partial charge >= 0.3 is 6.09 Å². The third kappa shape index (κ3) is 5.97. The molecule has 166 valence electrons. The van der Waals surface area contributed by atoms with Crippen molar-refractivity contribution >= 4 is 33.4 Å². The maximum atomic E-state index is 12.7. The summed E-state index contributed by atoms with van der Waals surface area (Å²) in [6.07, 6.45) is 0.0567. The van der Waals surface area contributed by atoms with Crippen LogP contribution in [0.15, 0.2) is 48.5 Å². The Morgan fingerprint density at radius 3 is 2.58 bits per heavy atom. The van der Waals surface area contributed by atoms with Crippen LogP contribution < -0.4 is 14.9 Å². The van der Waals surface area contributed by atoms with Crippen molar-refractivity contribution in [1.29, 1.82) is 0 Å². The highest BCUT2D eigenvalue weighted by atomic mass is 32.2. The molecule has 0 spiro atoms. The van der Waals surface area contributed by atoms with E-state index in [1.165, 1.54) is 10.4 Å². The van der Waals surface area contributed by atoms with Gasteiger partial charge in [-0.1, -0.05) is 24.3 Å². The fourth-order valence-electron chi connectivity index (χ4n) is 3.26. The van der Waals surface area contributed by atoms with Crippen LogP contribution in [0.4, 0.5) is 16.2 Å². The van der Waals surface area contributed by atoms with Crippen LogP contribution in [0.1, 0.15) is 36.7 Å². The van der Waals surface area contributed by atoms with Crippen molar-refractivity contribution in [2.75, 3.05) is 28.5 Å². The number of anilines is 2. The van der Waals surface area contributed by atoms with E-state index in [0.29, 0.717) is 29.9 Å². The molecule has 2 amide bonds. The fraction of sp³-hybridized carbons (Fsp3) is 0.364. The molecule has 8 nitrogen and oxygen atoms in total. The van der Waals surface area contributed by atoms with Gasteiger partial charge in [0.2, 0.25) is 10.0 Å². The molecule has 0 saturated heterocycles. The quantitative estimate of drug-likeness (QED) is 0.711. The number of benzene rings is 2. The van der Waals surface area contributed by atoms with Gasteiger partial charge in [-0.05, 0) is 57.0 Å². The van der Waals surface area contributed by atoms with Crippen molar-refractivity contribution in [2.24, 2.45) is 0 Å². The molecule has 1 aliphatic heterocycles. The van der Waals surface area contributed by atoms with Gasteiger partial charge in [0.1, 0.15) is 5.60 Å². The summed E-state index contributed by atoms with van der Waals surface area (Å²) >= 11 is 0. The van der Waals surface area contributed by atoms with E-state index in [1.54, 1.807) is 45.0 Å². The molecule has 9 heteroatoms. The number of nitrogens with one attached hydrogen (secondary N) is 2. The predicted octanol–water partition coefficient (Wildman–Crippen LogP) is 3.16. The van der Waals surface area contributed by atoms with Crippen LogP contribution in [0, 0.1) is 0 Å². The van der Waals surface area contributed by atoms with Gasteiger partial charge < -0.3 is 10.1 Å². The molecule has 0 fully saturated rings. The van der Waals surface area contributed by atoms with Crippen molar-refractivity contribution in [3.05, 3.63) is 59.7 Å². The van der Waals surface area contributed by atoms with Crippen LogP contribution in [0.3, 0.4) is 0 Å². The Morgan fingerprint density at radius 1 is 1.10 bits per heavy atom. The summed E-state index contributed by atoms with van der Waals surface area (Å²) in [5, 5.41) is 5.21. The Labute approximate surface area is 182 Å². The lowest BCUT2D eigenvalue weighted by Gasteiger charge is -2.20. The second kappa shape index (κ2) is 8.97. The minimum Gasteiger partial charge on any atom is -0.444 e. The standard InChI is InChI=1S/C22H27N3O5S/c1-22(2,3)30-21(27)24-18-9-6-8-17(15-18)20(26)23-12-14-31(28,29)25-13-11-16-7-4-5-10-19(16)25/h4-10,15H,11-14H2,1-3H3,(H,23,26)(H,24,27). The highest BCUT2D eigenvalue weighted by molar-refractivity contribution is 7.92. The molecule has 2 aromatic rings. The number of carbonyl (C=O) groups is 2. The number of para-hydroxylation sites is 1. The Balaban J connectivity index is 1.56. The van der Waals surface area contributed by atoms with Gasteiger partial charge in [-0.15, -0.1) is 0 Å². The molecule has 0 saturated carbocycles. The summed E-state index contributed by atoms with van der Waals surface area (Å²) in [7, 11) is -3.55. The Hall–Kier alpha value is -3.07. The number of ether oxygens (including phenoxy) is 1. The summed E-state index contributed by atoms with van der Waals surface area (Å²) in [5.41, 5.74) is 1.78. The fourth-order valence-corrected chi connectivity index (χ4v) is 4.69. The zero-order chi connectivity index (χ0) is 22.6. The van der Waals surface area contributed by atoms with E-state index in [2.05, 4.69) is 10.6 Å². The molecule has 0 atom stereocenters. The Kier molecular flexibility index (Phi) is 6.54. The Morgan fingerprint density at radius 2 is 1.84 bits per heavy atom. The number of sulfonamides is 1. The molecule has 0 unspecified atom stereocenters. The number of fused-ring (bicyclic) bond motifs is 1. The van der Waals surface area contributed by atoms with Gasteiger partial charge in [0, 0.05) is 24.3 Å². The molecule has 0 aromatic heterocycles. The average Bonchev–Trinajstić information content (AvgIpc) is 3.11. The summed E-state index contributed by atoms with van der Waals surface area (Å²) in [5.74, 6) is -0.631. The molecule has 31 heavy (non-hydrogen) atoms. The van der Waals surface area contributed by atoms with Crippen LogP contribution in [-0.2, 0) is 21.2 Å². The molecule has 1 heterocycles. The monoisotopic (exact) mass is 445 g/mol. The van der Waals surface area contributed by atoms with E-state index >= 15 is 0 Å². The number of hydrogen-bond acceptors (Lipinski definition) is 5. The first-order chi connectivity index (χ1) is 14.5. The summed E-state index contributed by atoms with van der Waals surface area (Å²) in [6, 6.07) is 13.8. The zero-order valence-electron chi connectivity index (χ0n) is 17.8. The number of rotatable bonds is 6. The molecule has 2 N–H and O–H groups in total. The van der Waals surface area contributed by atoms with E-state index in [9.17, 15) is 18.0 Å². The number of nitrogens with zero attached hydrogens (tertiary/aromatic N) is 1. The number of carbonyl (C=O) groups excluding carboxylic acids is 2. The smallest absolute Gasteiger partial charge is 0.412 e. The Bertz CT molecular complexity index is 1080. The van der Waals surface area contributed by atoms with Gasteiger partial charge in [-0.3, -0.25) is 14.4 Å². The maximum absolute atomic E-state index is 12.7. The van der Waals surface area contributed by atoms with Gasteiger partial charge in [0.15, 0.2) is 0 Å². The maximum Gasteiger partial charge on any atom is 0.412 e. The summed E-state index contributed by atoms with van der Waals surface area (Å²) < 4.78 is 32.0. The lowest BCUT2D eigenvalue weighted by molar-refractivity contribution is 0.0635. The highest BCUT2D eigenvalue weighted by Gasteiger charge is 2.28. The molecule has 0 bridgehead atoms. The van der Waals surface area contributed by atoms with Gasteiger partial charge in [-0.25, -0.2) is 13.2 Å². The summed E-state index contributed by atoms with van der Waals surface area (Å²) in [6.45, 7) is 5.65. The minimum atomic E-state index is -3.55. The minimum absolute atomic E-state index is 0.0243. The van der Waals surface area contributed by atoms with Crippen LogP contribution in [0.25, 0.3) is 0 Å². The van der Waals surface area contributed by atoms with E-state index < -0.39 is 27.6 Å². The van der Waals surface area contributed by atoms with E-state index in [4.69, 9.17) is 4.74 Å². The largest absolute Gasteiger partial charge is 0.444 e. The third-order valence-electron chi connectivity index (χ3n) is 4.60. The number of hydrogen-bond donors (Lipinski definition) is 2. The van der Waals surface area contributed by atoms with E-state index in [-0.39, 0.29) is 12.3 Å². The molecule has 1 aliphatic rings. The van der Waals surface area contributed by atoms with Gasteiger partial charge in [0.25, 0.3) is 5.91 Å². The molecular weight excluding hydrogens is 418 g/mol. The SMILES string of the molecule is CC(C)(C)OC(=O)Nc1cccc(C(=O)NCCS(=O)(=O)N2CCc3ccccc32)c1. The normalized spacial score (nSPS) is 13.5. The topological polar surface area (TPSA) is 105 Å². The van der Waals surface area contributed by atoms with E-state index in [0.717, 1.165) is 5.56 Å². The van der Waals surface area contributed by atoms with Crippen molar-refractivity contribution in [1.82, 2.24) is 5.32 Å². The third-order valence-corrected chi connectivity index (χ3v) is 6.37. The summed E-state index contributed by atoms with van der Waals surface area (Å²) in [4.78, 5) is 24.4. The predicted molar refractivity (Wildman–Crippen MR) is 120 cm³/mol. The van der Waals surface area contributed by atoms with Crippen molar-refractivity contribution < 1.29 is 22.7 Å². The van der Waals surface area contributed by atoms with Crippen molar-refractivity contribution in [3.8, 4) is 0 Å². The van der Waals surface area contributed by atoms with Crippen molar-refractivity contribution in [3.63, 3.8) is 0 Å². The first-order valence-corrected chi connectivity index (χ1v) is 11.6. The first kappa shape index (κ1) is 22.6. The van der Waals surface area contributed by atoms with Crippen molar-refractivity contribution in [2.45, 2.75) is 32.8 Å². The number of amides is 2. The highest BCUT2D eigenvalue weighted by Crippen LogP contribution is 2.29. The lowest BCUT2D eigenvalue weighted by atomic mass is 10.2. The average molecular weight is 446 g/mol. The van der Waals surface area contributed by atoms with E-state index in [1.807, 2.05) is 18.2 Å². The first-order valence-electron chi connectivity index (χ1n) is 10.0. The zero-order valence-corrected chi connectivity index (χ0v) is 18.7. The lowest BCUT2D eigenvalue weighted by Crippen LogP contribution is -2.37. The second-order valence-electron chi connectivity index (χ2n) is 8.23. The van der Waals surface area contributed by atoms with Crippen LogP contribution in [-0.4, -0.2) is 44.9 Å². The van der Waals surface area contributed by atoms with Crippen LogP contribution in [0.2, 0.25) is 0 Å². The molecule has 3 rings (SSSR count). The van der Waals surface area contributed by atoms with Crippen LogP contribution in [0.5, 0.6) is 0 Å². The molecule has 2 aromatic carbocycles. The van der Waals surface area contributed by atoms with Crippen LogP contribution >= 0.6 is 0 Å². The second-order valence-corrected chi connectivity index (χ2v) is 10.2. The molecule has 0 aliphatic carbocycles. The van der Waals surface area contributed by atoms with Gasteiger partial charge in [0.05, 0.1) is 11.4 Å². The van der Waals surface area contributed by atoms with Gasteiger partial charge in [-0.2, -0.15) is 0 Å².